The molecule has 1 amide bonds. The predicted octanol–water partition coefficient (Wildman–Crippen LogP) is 6.50. The number of nitrogens with one attached hydrogen (secondary N) is 1. The molecule has 4 rings (SSSR count). The molecule has 1 heterocycles. The van der Waals surface area contributed by atoms with E-state index in [9.17, 15) is 4.79 Å². The predicted molar refractivity (Wildman–Crippen MR) is 121 cm³/mol. The van der Waals surface area contributed by atoms with Crippen LogP contribution in [0.5, 0.6) is 0 Å². The van der Waals surface area contributed by atoms with E-state index in [0.717, 1.165) is 29.7 Å². The molecular weight excluding hydrogens is 400 g/mol. The van der Waals surface area contributed by atoms with Crippen LogP contribution in [0.25, 0.3) is 11.3 Å². The topological polar surface area (TPSA) is 42.0 Å². The molecule has 0 radical (unpaired) electrons. The zero-order valence-corrected chi connectivity index (χ0v) is 17.2. The number of carbonyl (C=O) groups excluding carboxylic acids is 1. The molecule has 144 valence electrons. The van der Waals surface area contributed by atoms with Crippen molar-refractivity contribution in [3.05, 3.63) is 106 Å². The molecule has 0 spiro atoms. The van der Waals surface area contributed by atoms with Crippen LogP contribution in [0.2, 0.25) is 5.02 Å². The van der Waals surface area contributed by atoms with E-state index in [0.29, 0.717) is 15.7 Å². The van der Waals surface area contributed by atoms with E-state index in [1.165, 1.54) is 16.9 Å². The van der Waals surface area contributed by atoms with Crippen molar-refractivity contribution in [2.45, 2.75) is 12.8 Å². The molecule has 0 aliphatic carbocycles. The third-order valence-corrected chi connectivity index (χ3v) is 5.66. The molecule has 0 bridgehead atoms. The highest BCUT2D eigenvalue weighted by atomic mass is 35.5. The lowest BCUT2D eigenvalue weighted by Crippen LogP contribution is -2.14. The Bertz CT molecular complexity index is 1110. The highest BCUT2D eigenvalue weighted by molar-refractivity contribution is 7.14. The molecule has 4 aromatic rings. The van der Waals surface area contributed by atoms with Gasteiger partial charge >= 0.3 is 0 Å². The second-order valence-electron chi connectivity index (χ2n) is 6.64. The zero-order valence-electron chi connectivity index (χ0n) is 15.6. The van der Waals surface area contributed by atoms with Crippen LogP contribution in [0.3, 0.4) is 0 Å². The van der Waals surface area contributed by atoms with Gasteiger partial charge in [-0.05, 0) is 42.2 Å². The summed E-state index contributed by atoms with van der Waals surface area (Å²) in [6.45, 7) is 0. The molecule has 1 N–H and O–H groups in total. The van der Waals surface area contributed by atoms with Gasteiger partial charge in [0.05, 0.1) is 5.69 Å². The molecule has 0 saturated carbocycles. The fourth-order valence-corrected chi connectivity index (χ4v) is 3.97. The third-order valence-electron chi connectivity index (χ3n) is 4.65. The Labute approximate surface area is 179 Å². The summed E-state index contributed by atoms with van der Waals surface area (Å²) >= 11 is 7.36. The van der Waals surface area contributed by atoms with Crippen LogP contribution in [-0.4, -0.2) is 10.9 Å². The average Bonchev–Trinajstić information content (AvgIpc) is 3.22. The van der Waals surface area contributed by atoms with Crippen molar-refractivity contribution in [1.29, 1.82) is 0 Å². The fourth-order valence-electron chi connectivity index (χ4n) is 3.13. The Morgan fingerprint density at radius 1 is 0.897 bits per heavy atom. The van der Waals surface area contributed by atoms with Gasteiger partial charge in [-0.25, -0.2) is 4.98 Å². The fraction of sp³-hybridized carbons (Fsp3) is 0.0833. The summed E-state index contributed by atoms with van der Waals surface area (Å²) in [4.78, 5) is 17.4. The van der Waals surface area contributed by atoms with Crippen molar-refractivity contribution in [3.63, 3.8) is 0 Å². The number of anilines is 1. The first kappa shape index (κ1) is 19.4. The van der Waals surface area contributed by atoms with E-state index in [1.54, 1.807) is 0 Å². The quantitative estimate of drug-likeness (QED) is 0.388. The lowest BCUT2D eigenvalue weighted by Gasteiger charge is -2.09. The van der Waals surface area contributed by atoms with Crippen molar-refractivity contribution >= 4 is 34.0 Å². The summed E-state index contributed by atoms with van der Waals surface area (Å²) in [5, 5.41) is 6.14. The van der Waals surface area contributed by atoms with Crippen LogP contribution in [-0.2, 0) is 12.8 Å². The molecule has 1 aromatic heterocycles. The lowest BCUT2D eigenvalue weighted by atomic mass is 9.99. The molecule has 3 nitrogen and oxygen atoms in total. The van der Waals surface area contributed by atoms with Gasteiger partial charge in [0.15, 0.2) is 5.13 Å². The number of carbonyl (C=O) groups is 1. The Balaban J connectivity index is 1.47. The summed E-state index contributed by atoms with van der Waals surface area (Å²) in [7, 11) is 0. The monoisotopic (exact) mass is 418 g/mol. The Morgan fingerprint density at radius 2 is 1.62 bits per heavy atom. The summed E-state index contributed by atoms with van der Waals surface area (Å²) in [6, 6.07) is 25.5. The Kier molecular flexibility index (Phi) is 6.03. The summed E-state index contributed by atoms with van der Waals surface area (Å²) < 4.78 is 0. The number of aryl methyl sites for hydroxylation is 2. The summed E-state index contributed by atoms with van der Waals surface area (Å²) in [6.07, 6.45) is 1.70. The normalized spacial score (nSPS) is 10.7. The van der Waals surface area contributed by atoms with Gasteiger partial charge in [-0.3, -0.25) is 10.1 Å². The van der Waals surface area contributed by atoms with E-state index >= 15 is 0 Å². The lowest BCUT2D eigenvalue weighted by molar-refractivity contribution is 0.102. The van der Waals surface area contributed by atoms with Crippen LogP contribution in [0.15, 0.2) is 84.2 Å². The van der Waals surface area contributed by atoms with Crippen molar-refractivity contribution < 1.29 is 4.79 Å². The van der Waals surface area contributed by atoms with Crippen LogP contribution in [0.1, 0.15) is 21.5 Å². The van der Waals surface area contributed by atoms with Gasteiger partial charge in [-0.2, -0.15) is 0 Å². The largest absolute Gasteiger partial charge is 0.298 e. The molecular formula is C24H19ClN2OS. The zero-order chi connectivity index (χ0) is 20.1. The molecule has 29 heavy (non-hydrogen) atoms. The van der Waals surface area contributed by atoms with Crippen molar-refractivity contribution in [2.75, 3.05) is 5.32 Å². The van der Waals surface area contributed by atoms with Crippen LogP contribution in [0, 0.1) is 0 Å². The average molecular weight is 419 g/mol. The first-order valence-electron chi connectivity index (χ1n) is 9.34. The Morgan fingerprint density at radius 3 is 2.41 bits per heavy atom. The van der Waals surface area contributed by atoms with Crippen molar-refractivity contribution in [2.24, 2.45) is 0 Å². The van der Waals surface area contributed by atoms with E-state index in [1.807, 2.05) is 72.1 Å². The number of thiazole rings is 1. The maximum atomic E-state index is 12.9. The number of amides is 1. The van der Waals surface area contributed by atoms with Gasteiger partial charge in [0.2, 0.25) is 0 Å². The SMILES string of the molecule is O=C(Nc1nc(-c2ccc(Cl)cc2)cs1)c1ccccc1CCc1ccccc1. The molecule has 0 aliphatic heterocycles. The van der Waals surface area contributed by atoms with Crippen LogP contribution in [0.4, 0.5) is 5.13 Å². The number of aromatic nitrogens is 1. The van der Waals surface area contributed by atoms with Gasteiger partial charge in [-0.15, -0.1) is 11.3 Å². The summed E-state index contributed by atoms with van der Waals surface area (Å²) in [5.41, 5.74) is 4.76. The molecule has 0 saturated heterocycles. The molecule has 0 fully saturated rings. The third kappa shape index (κ3) is 4.91. The number of benzene rings is 3. The maximum absolute atomic E-state index is 12.9. The molecule has 0 unspecified atom stereocenters. The molecule has 0 aliphatic rings. The van der Waals surface area contributed by atoms with Crippen LogP contribution < -0.4 is 5.32 Å². The summed E-state index contributed by atoms with van der Waals surface area (Å²) in [5.74, 6) is -0.134. The van der Waals surface area contributed by atoms with E-state index < -0.39 is 0 Å². The van der Waals surface area contributed by atoms with Crippen molar-refractivity contribution in [3.8, 4) is 11.3 Å². The molecule has 0 atom stereocenters. The first-order chi connectivity index (χ1) is 14.2. The van der Waals surface area contributed by atoms with E-state index in [-0.39, 0.29) is 5.91 Å². The number of halogens is 1. The minimum Gasteiger partial charge on any atom is -0.298 e. The standard InChI is InChI=1S/C24H19ClN2OS/c25-20-14-12-19(13-15-20)22-16-29-24(26-22)27-23(28)21-9-5-4-8-18(21)11-10-17-6-2-1-3-7-17/h1-9,12-16H,10-11H2,(H,26,27,28). The number of hydrogen-bond acceptors (Lipinski definition) is 3. The van der Waals surface area contributed by atoms with Crippen LogP contribution >= 0.6 is 22.9 Å². The first-order valence-corrected chi connectivity index (χ1v) is 10.6. The molecule has 5 heteroatoms. The van der Waals surface area contributed by atoms with Gasteiger partial charge in [0, 0.05) is 21.5 Å². The highest BCUT2D eigenvalue weighted by Gasteiger charge is 2.13. The Hall–Kier alpha value is -2.95. The number of hydrogen-bond donors (Lipinski definition) is 1. The second kappa shape index (κ2) is 9.03. The van der Waals surface area contributed by atoms with Gasteiger partial charge in [0.1, 0.15) is 0 Å². The van der Waals surface area contributed by atoms with E-state index in [2.05, 4.69) is 22.4 Å². The van der Waals surface area contributed by atoms with Gasteiger partial charge in [-0.1, -0.05) is 72.3 Å². The second-order valence-corrected chi connectivity index (χ2v) is 7.94. The van der Waals surface area contributed by atoms with Gasteiger partial charge in [0.25, 0.3) is 5.91 Å². The molecule has 3 aromatic carbocycles. The minimum atomic E-state index is -0.134. The maximum Gasteiger partial charge on any atom is 0.257 e. The minimum absolute atomic E-state index is 0.134. The highest BCUT2D eigenvalue weighted by Crippen LogP contribution is 2.26. The van der Waals surface area contributed by atoms with Crippen molar-refractivity contribution in [1.82, 2.24) is 4.98 Å². The van der Waals surface area contributed by atoms with E-state index in [4.69, 9.17) is 11.6 Å². The number of nitrogens with zero attached hydrogens (tertiary/aromatic N) is 1. The van der Waals surface area contributed by atoms with Gasteiger partial charge < -0.3 is 0 Å². The number of rotatable bonds is 6. The smallest absolute Gasteiger partial charge is 0.257 e.